The van der Waals surface area contributed by atoms with Gasteiger partial charge in [0.1, 0.15) is 0 Å². The second-order valence-corrected chi connectivity index (χ2v) is 9.13. The van der Waals surface area contributed by atoms with E-state index in [0.717, 1.165) is 24.8 Å². The number of sulfonamides is 1. The van der Waals surface area contributed by atoms with Crippen LogP contribution in [-0.2, 0) is 34.2 Å². The first kappa shape index (κ1) is 21.0. The Morgan fingerprint density at radius 3 is 2.87 bits per heavy atom. The fraction of sp³-hybridized carbons (Fsp3) is 0.318. The Balaban J connectivity index is 1.52. The van der Waals surface area contributed by atoms with Crippen molar-refractivity contribution in [2.75, 3.05) is 10.8 Å². The summed E-state index contributed by atoms with van der Waals surface area (Å²) in [5.41, 5.74) is 1.82. The van der Waals surface area contributed by atoms with E-state index in [9.17, 15) is 13.2 Å². The van der Waals surface area contributed by atoms with Crippen molar-refractivity contribution < 1.29 is 22.5 Å². The van der Waals surface area contributed by atoms with Crippen molar-refractivity contribution in [3.63, 3.8) is 0 Å². The topological polar surface area (TPSA) is 103 Å². The summed E-state index contributed by atoms with van der Waals surface area (Å²) < 4.78 is 38.3. The first-order chi connectivity index (χ1) is 15.0. The van der Waals surface area contributed by atoms with Gasteiger partial charge in [-0.2, -0.15) is 4.98 Å². The molecule has 31 heavy (non-hydrogen) atoms. The Morgan fingerprint density at radius 1 is 1.19 bits per heavy atom. The number of carbonyl (C=O) groups is 1. The zero-order chi connectivity index (χ0) is 21.8. The van der Waals surface area contributed by atoms with E-state index < -0.39 is 16.0 Å². The average molecular weight is 442 g/mol. The maximum atomic E-state index is 13.3. The fourth-order valence-electron chi connectivity index (χ4n) is 3.54. The first-order valence-electron chi connectivity index (χ1n) is 10.2. The highest BCUT2D eigenvalue weighted by molar-refractivity contribution is 7.92. The molecular formula is C22H23N3O5S. The van der Waals surface area contributed by atoms with Crippen molar-refractivity contribution in [2.24, 2.45) is 0 Å². The van der Waals surface area contributed by atoms with Gasteiger partial charge in [0.15, 0.2) is 12.4 Å². The van der Waals surface area contributed by atoms with Gasteiger partial charge in [-0.15, -0.1) is 0 Å². The van der Waals surface area contributed by atoms with E-state index in [1.807, 2.05) is 25.1 Å². The Hall–Kier alpha value is -3.20. The molecule has 1 aliphatic heterocycles. The summed E-state index contributed by atoms with van der Waals surface area (Å²) in [5, 5.41) is 3.81. The smallest absolute Gasteiger partial charge is 0.338 e. The standard InChI is InChI=1S/C22H23N3O5S/c1-2-7-20-23-21(30-24-20)15-29-22(26)17-9-5-11-18(14-17)31(27,28)25-13-6-10-16-8-3-4-12-19(16)25/h3-5,8-9,11-12,14H,2,6-7,10,13,15H2,1H3. The van der Waals surface area contributed by atoms with Gasteiger partial charge in [-0.25, -0.2) is 13.2 Å². The van der Waals surface area contributed by atoms with Gasteiger partial charge in [-0.1, -0.05) is 36.3 Å². The summed E-state index contributed by atoms with van der Waals surface area (Å²) in [4.78, 5) is 16.7. The van der Waals surface area contributed by atoms with Crippen LogP contribution in [0.5, 0.6) is 0 Å². The molecule has 0 aliphatic carbocycles. The highest BCUT2D eigenvalue weighted by Gasteiger charge is 2.29. The lowest BCUT2D eigenvalue weighted by molar-refractivity contribution is 0.0429. The lowest BCUT2D eigenvalue weighted by atomic mass is 10.0. The minimum absolute atomic E-state index is 0.0432. The van der Waals surface area contributed by atoms with Crippen LogP contribution < -0.4 is 4.31 Å². The second kappa shape index (κ2) is 8.89. The number of hydrogen-bond donors (Lipinski definition) is 0. The zero-order valence-corrected chi connectivity index (χ0v) is 18.0. The summed E-state index contributed by atoms with van der Waals surface area (Å²) in [6.45, 7) is 2.22. The molecule has 3 aromatic rings. The van der Waals surface area contributed by atoms with Crippen LogP contribution in [0, 0.1) is 0 Å². The van der Waals surface area contributed by atoms with E-state index >= 15 is 0 Å². The Morgan fingerprint density at radius 2 is 2.03 bits per heavy atom. The number of esters is 1. The molecule has 0 bridgehead atoms. The van der Waals surface area contributed by atoms with E-state index in [0.29, 0.717) is 24.5 Å². The maximum Gasteiger partial charge on any atom is 0.338 e. The van der Waals surface area contributed by atoms with Gasteiger partial charge < -0.3 is 9.26 Å². The van der Waals surface area contributed by atoms with Crippen molar-refractivity contribution in [3.05, 3.63) is 71.4 Å². The number of carbonyl (C=O) groups excluding carboxylic acids is 1. The van der Waals surface area contributed by atoms with Crippen molar-refractivity contribution in [2.45, 2.75) is 44.1 Å². The second-order valence-electron chi connectivity index (χ2n) is 7.27. The summed E-state index contributed by atoms with van der Waals surface area (Å²) in [6, 6.07) is 13.3. The van der Waals surface area contributed by atoms with Crippen LogP contribution in [-0.4, -0.2) is 31.1 Å². The van der Waals surface area contributed by atoms with Crippen LogP contribution in [0.4, 0.5) is 5.69 Å². The van der Waals surface area contributed by atoms with E-state index in [-0.39, 0.29) is 23.0 Å². The van der Waals surface area contributed by atoms with Gasteiger partial charge in [-0.05, 0) is 49.1 Å². The summed E-state index contributed by atoms with van der Waals surface area (Å²) in [5.74, 6) is 0.0975. The molecule has 0 amide bonds. The van der Waals surface area contributed by atoms with Crippen LogP contribution >= 0.6 is 0 Å². The third kappa shape index (κ3) is 4.46. The zero-order valence-electron chi connectivity index (χ0n) is 17.2. The summed E-state index contributed by atoms with van der Waals surface area (Å²) in [6.07, 6.45) is 3.13. The largest absolute Gasteiger partial charge is 0.452 e. The van der Waals surface area contributed by atoms with Crippen LogP contribution in [0.3, 0.4) is 0 Å². The summed E-state index contributed by atoms with van der Waals surface area (Å²) in [7, 11) is -3.82. The van der Waals surface area contributed by atoms with Gasteiger partial charge in [-0.3, -0.25) is 4.31 Å². The molecular weight excluding hydrogens is 418 g/mol. The molecule has 2 aromatic carbocycles. The molecule has 9 heteroatoms. The molecule has 1 aromatic heterocycles. The first-order valence-corrected chi connectivity index (χ1v) is 11.6. The molecule has 0 unspecified atom stereocenters. The number of aryl methyl sites for hydroxylation is 2. The molecule has 2 heterocycles. The monoisotopic (exact) mass is 441 g/mol. The number of aromatic nitrogens is 2. The van der Waals surface area contributed by atoms with Crippen molar-refractivity contribution in [1.82, 2.24) is 10.1 Å². The number of para-hydroxylation sites is 1. The van der Waals surface area contributed by atoms with Crippen LogP contribution in [0.2, 0.25) is 0 Å². The number of fused-ring (bicyclic) bond motifs is 1. The number of rotatable bonds is 7. The highest BCUT2D eigenvalue weighted by atomic mass is 32.2. The van der Waals surface area contributed by atoms with Crippen LogP contribution in [0.1, 0.15) is 47.4 Å². The van der Waals surface area contributed by atoms with Crippen LogP contribution in [0.15, 0.2) is 57.9 Å². The molecule has 0 spiro atoms. The van der Waals surface area contributed by atoms with Gasteiger partial charge in [0.25, 0.3) is 15.9 Å². The maximum absolute atomic E-state index is 13.3. The number of ether oxygens (including phenoxy) is 1. The molecule has 0 N–H and O–H groups in total. The highest BCUT2D eigenvalue weighted by Crippen LogP contribution is 2.32. The third-order valence-electron chi connectivity index (χ3n) is 5.04. The molecule has 0 saturated heterocycles. The molecule has 0 saturated carbocycles. The Bertz CT molecular complexity index is 1190. The van der Waals surface area contributed by atoms with Crippen molar-refractivity contribution >= 4 is 21.7 Å². The van der Waals surface area contributed by atoms with Crippen molar-refractivity contribution in [1.29, 1.82) is 0 Å². The van der Waals surface area contributed by atoms with Gasteiger partial charge in [0.2, 0.25) is 0 Å². The number of hydrogen-bond acceptors (Lipinski definition) is 7. The van der Waals surface area contributed by atoms with Gasteiger partial charge in [0.05, 0.1) is 16.1 Å². The van der Waals surface area contributed by atoms with E-state index in [1.54, 1.807) is 6.07 Å². The Kier molecular flexibility index (Phi) is 6.03. The quantitative estimate of drug-likeness (QED) is 0.517. The molecule has 1 aliphatic rings. The molecule has 0 radical (unpaired) electrons. The number of nitrogens with zero attached hydrogens (tertiary/aromatic N) is 3. The minimum atomic E-state index is -3.82. The normalized spacial score (nSPS) is 13.6. The molecule has 4 rings (SSSR count). The lowest BCUT2D eigenvalue weighted by Crippen LogP contribution is -2.35. The Labute approximate surface area is 180 Å². The van der Waals surface area contributed by atoms with Gasteiger partial charge >= 0.3 is 5.97 Å². The van der Waals surface area contributed by atoms with E-state index in [2.05, 4.69) is 10.1 Å². The molecule has 0 atom stereocenters. The summed E-state index contributed by atoms with van der Waals surface area (Å²) >= 11 is 0. The van der Waals surface area contributed by atoms with E-state index in [4.69, 9.17) is 9.26 Å². The average Bonchev–Trinajstić information content (AvgIpc) is 3.25. The van der Waals surface area contributed by atoms with Gasteiger partial charge in [0, 0.05) is 13.0 Å². The lowest BCUT2D eigenvalue weighted by Gasteiger charge is -2.30. The minimum Gasteiger partial charge on any atom is -0.452 e. The molecule has 162 valence electrons. The number of anilines is 1. The van der Waals surface area contributed by atoms with Crippen molar-refractivity contribution in [3.8, 4) is 0 Å². The fourth-order valence-corrected chi connectivity index (χ4v) is 5.13. The SMILES string of the molecule is CCCc1noc(COC(=O)c2cccc(S(=O)(=O)N3CCCc4ccccc43)c2)n1. The molecule has 0 fully saturated rings. The predicted molar refractivity (Wildman–Crippen MR) is 113 cm³/mol. The number of benzene rings is 2. The van der Waals surface area contributed by atoms with E-state index in [1.165, 1.54) is 28.6 Å². The predicted octanol–water partition coefficient (Wildman–Crippen LogP) is 3.52. The third-order valence-corrected chi connectivity index (χ3v) is 6.85. The van der Waals surface area contributed by atoms with Crippen LogP contribution in [0.25, 0.3) is 0 Å². The molecule has 8 nitrogen and oxygen atoms in total.